The van der Waals surface area contributed by atoms with Crippen LogP contribution >= 0.6 is 11.8 Å². The molecule has 2 amide bonds. The molecule has 1 aromatic heterocycles. The zero-order valence-electron chi connectivity index (χ0n) is 16.7. The first-order valence-electron chi connectivity index (χ1n) is 9.44. The highest BCUT2D eigenvalue weighted by Crippen LogP contribution is 2.37. The molecule has 0 saturated carbocycles. The maximum atomic E-state index is 12.4. The number of rotatable bonds is 5. The number of nitrogens with one attached hydrogen (secondary N) is 2. The standard InChI is InChI=1S/C19H23F3N6OS/c1-27(2)16-15(12-23-17(26-16)28-10-4-3-5-11-28)25-18(29)24-13-6-8-14(9-7-13)30-19(20,21)22/h6-9,12H,3-5,10-11H2,1-2H3,(H2,24,25,29). The van der Waals surface area contributed by atoms with Gasteiger partial charge in [-0.3, -0.25) is 0 Å². The third-order valence-electron chi connectivity index (χ3n) is 4.41. The van der Waals surface area contributed by atoms with E-state index in [0.717, 1.165) is 25.9 Å². The molecule has 1 aliphatic heterocycles. The third kappa shape index (κ3) is 6.15. The summed E-state index contributed by atoms with van der Waals surface area (Å²) >= 11 is -0.205. The van der Waals surface area contributed by atoms with Gasteiger partial charge in [0.15, 0.2) is 5.82 Å². The van der Waals surface area contributed by atoms with E-state index in [0.29, 0.717) is 23.1 Å². The molecule has 7 nitrogen and oxygen atoms in total. The molecule has 11 heteroatoms. The minimum atomic E-state index is -4.35. The van der Waals surface area contributed by atoms with Crippen molar-refractivity contribution in [3.63, 3.8) is 0 Å². The van der Waals surface area contributed by atoms with Gasteiger partial charge in [0.05, 0.1) is 6.20 Å². The van der Waals surface area contributed by atoms with Gasteiger partial charge >= 0.3 is 11.5 Å². The van der Waals surface area contributed by atoms with Gasteiger partial charge in [0.25, 0.3) is 0 Å². The zero-order valence-corrected chi connectivity index (χ0v) is 17.5. The van der Waals surface area contributed by atoms with Crippen molar-refractivity contribution in [3.05, 3.63) is 30.5 Å². The number of alkyl halides is 3. The van der Waals surface area contributed by atoms with Gasteiger partial charge in [-0.05, 0) is 55.3 Å². The highest BCUT2D eigenvalue weighted by atomic mass is 32.2. The van der Waals surface area contributed by atoms with Gasteiger partial charge in [-0.2, -0.15) is 18.2 Å². The normalized spacial score (nSPS) is 14.4. The number of aromatic nitrogens is 2. The molecule has 2 aromatic rings. The highest BCUT2D eigenvalue weighted by molar-refractivity contribution is 8.00. The van der Waals surface area contributed by atoms with E-state index in [1.807, 2.05) is 14.1 Å². The van der Waals surface area contributed by atoms with Crippen molar-refractivity contribution >= 4 is 40.9 Å². The molecule has 30 heavy (non-hydrogen) atoms. The number of benzene rings is 1. The number of nitrogens with zero attached hydrogens (tertiary/aromatic N) is 4. The Morgan fingerprint density at radius 3 is 2.37 bits per heavy atom. The average Bonchev–Trinajstić information content (AvgIpc) is 2.69. The topological polar surface area (TPSA) is 73.4 Å². The summed E-state index contributed by atoms with van der Waals surface area (Å²) in [5.41, 5.74) is -3.55. The van der Waals surface area contributed by atoms with Crippen LogP contribution in [-0.2, 0) is 0 Å². The Bertz CT molecular complexity index is 870. The average molecular weight is 440 g/mol. The lowest BCUT2D eigenvalue weighted by Gasteiger charge is -2.28. The second-order valence-electron chi connectivity index (χ2n) is 7.00. The molecule has 0 radical (unpaired) electrons. The fraction of sp³-hybridized carbons (Fsp3) is 0.421. The van der Waals surface area contributed by atoms with E-state index < -0.39 is 11.5 Å². The van der Waals surface area contributed by atoms with Crippen molar-refractivity contribution in [3.8, 4) is 0 Å². The molecule has 0 bridgehead atoms. The predicted molar refractivity (Wildman–Crippen MR) is 113 cm³/mol. The number of amides is 2. The first kappa shape index (κ1) is 22.0. The number of carbonyl (C=O) groups is 1. The number of halogens is 3. The summed E-state index contributed by atoms with van der Waals surface area (Å²) in [5.74, 6) is 1.19. The zero-order chi connectivity index (χ0) is 21.7. The Balaban J connectivity index is 1.66. The van der Waals surface area contributed by atoms with Crippen LogP contribution in [0.1, 0.15) is 19.3 Å². The molecule has 0 spiro atoms. The van der Waals surface area contributed by atoms with Crippen molar-refractivity contribution in [1.82, 2.24) is 9.97 Å². The first-order valence-corrected chi connectivity index (χ1v) is 10.3. The Labute approximate surface area is 177 Å². The number of hydrogen-bond donors (Lipinski definition) is 2. The van der Waals surface area contributed by atoms with Gasteiger partial charge in [-0.25, -0.2) is 9.78 Å². The van der Waals surface area contributed by atoms with Crippen LogP contribution in [0.25, 0.3) is 0 Å². The Hall–Kier alpha value is -2.69. The van der Waals surface area contributed by atoms with Gasteiger partial charge in [0.2, 0.25) is 5.95 Å². The lowest BCUT2D eigenvalue weighted by atomic mass is 10.1. The summed E-state index contributed by atoms with van der Waals surface area (Å²) in [6.07, 6.45) is 4.97. The van der Waals surface area contributed by atoms with Crippen LogP contribution in [0.2, 0.25) is 0 Å². The number of hydrogen-bond acceptors (Lipinski definition) is 6. The van der Waals surface area contributed by atoms with Crippen molar-refractivity contribution in [2.24, 2.45) is 0 Å². The number of piperidine rings is 1. The monoisotopic (exact) mass is 440 g/mol. The number of anilines is 4. The van der Waals surface area contributed by atoms with Crippen LogP contribution in [0.15, 0.2) is 35.4 Å². The first-order chi connectivity index (χ1) is 14.2. The van der Waals surface area contributed by atoms with Gasteiger partial charge in [0.1, 0.15) is 5.69 Å². The van der Waals surface area contributed by atoms with Crippen molar-refractivity contribution in [2.75, 3.05) is 47.6 Å². The molecule has 2 heterocycles. The van der Waals surface area contributed by atoms with Crippen LogP contribution in [0.4, 0.5) is 41.1 Å². The molecule has 162 valence electrons. The summed E-state index contributed by atoms with van der Waals surface area (Å²) in [6.45, 7) is 1.81. The number of thioether (sulfide) groups is 1. The minimum absolute atomic E-state index is 0.0463. The summed E-state index contributed by atoms with van der Waals surface area (Å²) in [4.78, 5) is 25.3. The Morgan fingerprint density at radius 2 is 1.77 bits per heavy atom. The molecule has 2 N–H and O–H groups in total. The predicted octanol–water partition coefficient (Wildman–Crippen LogP) is 4.79. The lowest BCUT2D eigenvalue weighted by molar-refractivity contribution is -0.0328. The van der Waals surface area contributed by atoms with Crippen LogP contribution in [-0.4, -0.2) is 48.7 Å². The maximum absolute atomic E-state index is 12.4. The van der Waals surface area contributed by atoms with Gasteiger partial charge < -0.3 is 20.4 Å². The van der Waals surface area contributed by atoms with Crippen LogP contribution < -0.4 is 20.4 Å². The summed E-state index contributed by atoms with van der Waals surface area (Å²) in [5, 5.41) is 5.30. The molecule has 1 saturated heterocycles. The fourth-order valence-electron chi connectivity index (χ4n) is 3.06. The van der Waals surface area contributed by atoms with Crippen LogP contribution in [0.3, 0.4) is 0 Å². The molecular weight excluding hydrogens is 417 g/mol. The largest absolute Gasteiger partial charge is 0.446 e. The van der Waals surface area contributed by atoms with E-state index >= 15 is 0 Å². The molecule has 1 aliphatic rings. The molecule has 0 aliphatic carbocycles. The second kappa shape index (κ2) is 9.41. The van der Waals surface area contributed by atoms with E-state index in [1.54, 1.807) is 11.1 Å². The quantitative estimate of drug-likeness (QED) is 0.652. The van der Waals surface area contributed by atoms with E-state index in [-0.39, 0.29) is 16.7 Å². The SMILES string of the molecule is CN(C)c1nc(N2CCCCC2)ncc1NC(=O)Nc1ccc(SC(F)(F)F)cc1. The van der Waals surface area contributed by atoms with Crippen molar-refractivity contribution in [2.45, 2.75) is 29.7 Å². The van der Waals surface area contributed by atoms with Crippen molar-refractivity contribution < 1.29 is 18.0 Å². The van der Waals surface area contributed by atoms with Crippen LogP contribution in [0.5, 0.6) is 0 Å². The van der Waals surface area contributed by atoms with Crippen LogP contribution in [0, 0.1) is 0 Å². The minimum Gasteiger partial charge on any atom is -0.361 e. The summed E-state index contributed by atoms with van der Waals surface area (Å²) < 4.78 is 37.2. The van der Waals surface area contributed by atoms with Gasteiger partial charge in [-0.1, -0.05) is 0 Å². The number of urea groups is 1. The lowest BCUT2D eigenvalue weighted by Crippen LogP contribution is -2.31. The Kier molecular flexibility index (Phi) is 6.91. The molecule has 1 fully saturated rings. The molecule has 0 unspecified atom stereocenters. The van der Waals surface area contributed by atoms with E-state index in [2.05, 4.69) is 25.5 Å². The Morgan fingerprint density at radius 1 is 1.10 bits per heavy atom. The molecule has 1 aromatic carbocycles. The smallest absolute Gasteiger partial charge is 0.361 e. The highest BCUT2D eigenvalue weighted by Gasteiger charge is 2.29. The second-order valence-corrected chi connectivity index (χ2v) is 8.14. The summed E-state index contributed by atoms with van der Waals surface area (Å²) in [7, 11) is 3.64. The number of carbonyl (C=O) groups excluding carboxylic acids is 1. The molecular formula is C19H23F3N6OS. The van der Waals surface area contributed by atoms with Crippen molar-refractivity contribution in [1.29, 1.82) is 0 Å². The van der Waals surface area contributed by atoms with Gasteiger partial charge in [0, 0.05) is 37.8 Å². The van der Waals surface area contributed by atoms with E-state index in [1.165, 1.54) is 30.7 Å². The summed E-state index contributed by atoms with van der Waals surface area (Å²) in [6, 6.07) is 4.89. The maximum Gasteiger partial charge on any atom is 0.446 e. The van der Waals surface area contributed by atoms with E-state index in [4.69, 9.17) is 0 Å². The van der Waals surface area contributed by atoms with Gasteiger partial charge in [-0.15, -0.1) is 0 Å². The third-order valence-corrected chi connectivity index (χ3v) is 5.15. The molecule has 0 atom stereocenters. The van der Waals surface area contributed by atoms with E-state index in [9.17, 15) is 18.0 Å². The molecule has 3 rings (SSSR count). The fourth-order valence-corrected chi connectivity index (χ4v) is 3.60.